The van der Waals surface area contributed by atoms with Gasteiger partial charge in [-0.05, 0) is 55.4 Å². The number of nitrogens with zero attached hydrogens (tertiary/aromatic N) is 2. The van der Waals surface area contributed by atoms with Crippen molar-refractivity contribution in [3.63, 3.8) is 0 Å². The van der Waals surface area contributed by atoms with Crippen LogP contribution in [0.15, 0.2) is 40.9 Å². The van der Waals surface area contributed by atoms with Gasteiger partial charge >= 0.3 is 6.18 Å². The van der Waals surface area contributed by atoms with Gasteiger partial charge in [0.2, 0.25) is 10.0 Å². The first-order valence-electron chi connectivity index (χ1n) is 9.62. The Balaban J connectivity index is 1.75. The van der Waals surface area contributed by atoms with Gasteiger partial charge in [0.25, 0.3) is 0 Å². The van der Waals surface area contributed by atoms with Gasteiger partial charge in [-0.3, -0.25) is 4.79 Å². The van der Waals surface area contributed by atoms with E-state index in [0.717, 1.165) is 37.1 Å². The van der Waals surface area contributed by atoms with Crippen molar-refractivity contribution in [3.8, 4) is 0 Å². The fourth-order valence-corrected chi connectivity index (χ4v) is 6.53. The quantitative estimate of drug-likeness (QED) is 0.691. The van der Waals surface area contributed by atoms with E-state index < -0.39 is 33.8 Å². The molecular formula is C20H23F3N2O3S. The van der Waals surface area contributed by atoms with E-state index in [9.17, 15) is 26.4 Å². The number of fused-ring (bicyclic) bond motifs is 2. The molecule has 1 aliphatic carbocycles. The molecule has 0 N–H and O–H groups in total. The second-order valence-electron chi connectivity index (χ2n) is 8.37. The van der Waals surface area contributed by atoms with Gasteiger partial charge in [0.05, 0.1) is 16.5 Å². The maximum atomic E-state index is 13.4. The van der Waals surface area contributed by atoms with Gasteiger partial charge < -0.3 is 4.90 Å². The van der Waals surface area contributed by atoms with Crippen molar-refractivity contribution in [2.24, 2.45) is 11.8 Å². The summed E-state index contributed by atoms with van der Waals surface area (Å²) in [4.78, 5) is 14.3. The molecule has 158 valence electrons. The zero-order chi connectivity index (χ0) is 21.1. The smallest absolute Gasteiger partial charge is 0.383 e. The van der Waals surface area contributed by atoms with E-state index in [2.05, 4.69) is 0 Å². The van der Waals surface area contributed by atoms with Crippen LogP contribution in [0.5, 0.6) is 0 Å². The zero-order valence-corrected chi connectivity index (χ0v) is 17.0. The average Bonchev–Trinajstić information content (AvgIpc) is 3.41. The van der Waals surface area contributed by atoms with Crippen molar-refractivity contribution < 1.29 is 26.4 Å². The monoisotopic (exact) mass is 428 g/mol. The SMILES string of the molecule is CN(C)/C=C1\C(=O)CC2CC(C3CC3)C1N2S(=O)(=O)c1ccc(C(F)(F)F)cc1. The summed E-state index contributed by atoms with van der Waals surface area (Å²) in [5, 5.41) is 0. The molecule has 0 aromatic heterocycles. The van der Waals surface area contributed by atoms with Gasteiger partial charge in [0, 0.05) is 38.3 Å². The van der Waals surface area contributed by atoms with E-state index in [1.165, 1.54) is 4.31 Å². The molecule has 0 spiro atoms. The van der Waals surface area contributed by atoms with Crippen molar-refractivity contribution in [2.75, 3.05) is 14.1 Å². The number of rotatable bonds is 4. The van der Waals surface area contributed by atoms with Gasteiger partial charge in [-0.1, -0.05) is 0 Å². The normalized spacial score (nSPS) is 29.5. The predicted octanol–water partition coefficient (Wildman–Crippen LogP) is 3.28. The molecule has 3 aliphatic rings. The number of halogens is 3. The summed E-state index contributed by atoms with van der Waals surface area (Å²) in [6, 6.07) is 2.61. The molecule has 2 heterocycles. The molecule has 2 bridgehead atoms. The zero-order valence-electron chi connectivity index (χ0n) is 16.2. The lowest BCUT2D eigenvalue weighted by Crippen LogP contribution is -2.49. The minimum absolute atomic E-state index is 0.0456. The number of benzene rings is 1. The summed E-state index contributed by atoms with van der Waals surface area (Å²) < 4.78 is 66.8. The number of hydrogen-bond donors (Lipinski definition) is 0. The standard InChI is InChI=1S/C20H23F3N2O3S/c1-24(2)11-17-18(26)10-14-9-16(12-3-4-12)19(17)25(14)29(27,28)15-7-5-13(6-8-15)20(21,22)23/h5-8,11-12,14,16,19H,3-4,9-10H2,1-2H3/b17-11+. The van der Waals surface area contributed by atoms with Crippen molar-refractivity contribution in [2.45, 2.75) is 48.8 Å². The van der Waals surface area contributed by atoms with Gasteiger partial charge in [0.1, 0.15) is 0 Å². The average molecular weight is 428 g/mol. The first-order chi connectivity index (χ1) is 13.5. The van der Waals surface area contributed by atoms with Crippen molar-refractivity contribution in [3.05, 3.63) is 41.6 Å². The maximum absolute atomic E-state index is 13.4. The molecule has 3 atom stereocenters. The van der Waals surface area contributed by atoms with Crippen LogP contribution in [-0.4, -0.2) is 49.6 Å². The highest BCUT2D eigenvalue weighted by molar-refractivity contribution is 7.89. The molecule has 4 rings (SSSR count). The molecule has 29 heavy (non-hydrogen) atoms. The van der Waals surface area contributed by atoms with Crippen LogP contribution < -0.4 is 0 Å². The lowest BCUT2D eigenvalue weighted by molar-refractivity contribution is -0.137. The highest BCUT2D eigenvalue weighted by Gasteiger charge is 2.57. The van der Waals surface area contributed by atoms with E-state index in [1.807, 2.05) is 0 Å². The van der Waals surface area contributed by atoms with E-state index in [0.29, 0.717) is 17.9 Å². The Morgan fingerprint density at radius 1 is 1.14 bits per heavy atom. The first kappa shape index (κ1) is 20.4. The number of carbonyl (C=O) groups is 1. The van der Waals surface area contributed by atoms with E-state index in [-0.39, 0.29) is 23.0 Å². The molecule has 0 radical (unpaired) electrons. The molecule has 1 aromatic rings. The summed E-state index contributed by atoms with van der Waals surface area (Å²) in [5.74, 6) is 0.421. The summed E-state index contributed by atoms with van der Waals surface area (Å²) in [6.07, 6.45) is -0.0708. The Labute approximate surface area is 168 Å². The second-order valence-corrected chi connectivity index (χ2v) is 10.2. The van der Waals surface area contributed by atoms with Crippen LogP contribution in [0.3, 0.4) is 0 Å². The van der Waals surface area contributed by atoms with Crippen LogP contribution in [0.25, 0.3) is 0 Å². The molecule has 2 aliphatic heterocycles. The highest BCUT2D eigenvalue weighted by atomic mass is 32.2. The van der Waals surface area contributed by atoms with Crippen LogP contribution in [0.4, 0.5) is 13.2 Å². The Hall–Kier alpha value is -1.87. The fourth-order valence-electron chi connectivity index (χ4n) is 4.69. The van der Waals surface area contributed by atoms with E-state index in [1.54, 1.807) is 25.2 Å². The van der Waals surface area contributed by atoms with E-state index in [4.69, 9.17) is 0 Å². The molecule has 0 amide bonds. The Morgan fingerprint density at radius 2 is 1.76 bits per heavy atom. The maximum Gasteiger partial charge on any atom is 0.416 e. The summed E-state index contributed by atoms with van der Waals surface area (Å²) >= 11 is 0. The van der Waals surface area contributed by atoms with Crippen LogP contribution in [0.1, 0.15) is 31.2 Å². The Bertz CT molecular complexity index is 950. The number of sulfonamides is 1. The molecule has 5 nitrogen and oxygen atoms in total. The van der Waals surface area contributed by atoms with Crippen LogP contribution >= 0.6 is 0 Å². The third-order valence-electron chi connectivity index (χ3n) is 6.03. The third kappa shape index (κ3) is 3.59. The molecule has 3 unspecified atom stereocenters. The number of carbonyl (C=O) groups excluding carboxylic acids is 1. The highest BCUT2D eigenvalue weighted by Crippen LogP contribution is 2.53. The molecule has 3 fully saturated rings. The lowest BCUT2D eigenvalue weighted by atomic mass is 9.90. The molecule has 2 saturated heterocycles. The van der Waals surface area contributed by atoms with Gasteiger partial charge in [-0.25, -0.2) is 8.42 Å². The number of ketones is 1. The fraction of sp³-hybridized carbons (Fsp3) is 0.550. The molecule has 1 aromatic carbocycles. The van der Waals surface area contributed by atoms with Gasteiger partial charge in [0.15, 0.2) is 5.78 Å². The minimum atomic E-state index is -4.53. The summed E-state index contributed by atoms with van der Waals surface area (Å²) in [5.41, 5.74) is -0.409. The topological polar surface area (TPSA) is 57.7 Å². The largest absolute Gasteiger partial charge is 0.416 e. The van der Waals surface area contributed by atoms with Crippen molar-refractivity contribution in [1.82, 2.24) is 9.21 Å². The number of Topliss-reactive ketones (excluding diaryl/α,β-unsaturated/α-hetero) is 1. The number of piperidine rings is 1. The van der Waals surface area contributed by atoms with Crippen molar-refractivity contribution >= 4 is 15.8 Å². The van der Waals surface area contributed by atoms with Crippen LogP contribution in [0.2, 0.25) is 0 Å². The van der Waals surface area contributed by atoms with Gasteiger partial charge in [-0.15, -0.1) is 0 Å². The van der Waals surface area contributed by atoms with Crippen LogP contribution in [-0.2, 0) is 21.0 Å². The molecule has 1 saturated carbocycles. The predicted molar refractivity (Wildman–Crippen MR) is 100 cm³/mol. The lowest BCUT2D eigenvalue weighted by Gasteiger charge is -2.36. The second kappa shape index (κ2) is 6.84. The summed E-state index contributed by atoms with van der Waals surface area (Å²) in [7, 11) is -0.477. The van der Waals surface area contributed by atoms with Gasteiger partial charge in [-0.2, -0.15) is 17.5 Å². The first-order valence-corrected chi connectivity index (χ1v) is 11.1. The van der Waals surface area contributed by atoms with Crippen molar-refractivity contribution in [1.29, 1.82) is 0 Å². The minimum Gasteiger partial charge on any atom is -0.383 e. The molecular weight excluding hydrogens is 405 g/mol. The number of hydrogen-bond acceptors (Lipinski definition) is 4. The molecule has 9 heteroatoms. The Kier molecular flexibility index (Phi) is 4.81. The Morgan fingerprint density at radius 3 is 2.28 bits per heavy atom. The summed E-state index contributed by atoms with van der Waals surface area (Å²) in [6.45, 7) is 0. The van der Waals surface area contributed by atoms with E-state index >= 15 is 0 Å². The van der Waals surface area contributed by atoms with Crippen LogP contribution in [0, 0.1) is 11.8 Å². The number of alkyl halides is 3. The third-order valence-corrected chi connectivity index (χ3v) is 7.98.